The zero-order valence-corrected chi connectivity index (χ0v) is 25.8. The van der Waals surface area contributed by atoms with Crippen LogP contribution in [0.3, 0.4) is 0 Å². The zero-order valence-electron chi connectivity index (χ0n) is 25.8. The number of anilines is 1. The van der Waals surface area contributed by atoms with Crippen LogP contribution in [0.25, 0.3) is 0 Å². The van der Waals surface area contributed by atoms with Crippen LogP contribution in [0.5, 0.6) is 5.75 Å². The molecule has 2 rings (SSSR count). The lowest BCUT2D eigenvalue weighted by Crippen LogP contribution is -2.58. The topological polar surface area (TPSA) is 97.0 Å². The van der Waals surface area contributed by atoms with E-state index < -0.39 is 29.3 Å². The van der Waals surface area contributed by atoms with E-state index in [1.807, 2.05) is 58.9 Å². The Balaban J connectivity index is 2.58. The lowest BCUT2D eigenvalue weighted by atomic mass is 9.93. The number of carbonyl (C=O) groups is 3. The molecule has 0 aliphatic heterocycles. The second-order valence-corrected chi connectivity index (χ2v) is 12.4. The fraction of sp³-hybridized carbons (Fsp3) is 0.531. The highest BCUT2D eigenvalue weighted by molar-refractivity contribution is 5.99. The molecule has 220 valence electrons. The van der Waals surface area contributed by atoms with E-state index in [1.165, 1.54) is 0 Å². The van der Waals surface area contributed by atoms with Gasteiger partial charge in [0.2, 0.25) is 5.91 Å². The van der Waals surface area contributed by atoms with Gasteiger partial charge >= 0.3 is 6.09 Å². The number of amides is 3. The largest absolute Gasteiger partial charge is 0.497 e. The van der Waals surface area contributed by atoms with E-state index in [2.05, 4.69) is 17.6 Å². The molecule has 0 aromatic heterocycles. The zero-order chi connectivity index (χ0) is 30.3. The number of methoxy groups -OCH3 is 1. The second kappa shape index (κ2) is 13.7. The number of nitrogens with zero attached hydrogens (tertiary/aromatic N) is 1. The summed E-state index contributed by atoms with van der Waals surface area (Å²) >= 11 is 0. The van der Waals surface area contributed by atoms with Crippen molar-refractivity contribution < 1.29 is 23.9 Å². The fourth-order valence-electron chi connectivity index (χ4n) is 4.39. The Labute approximate surface area is 239 Å². The van der Waals surface area contributed by atoms with Gasteiger partial charge in [-0.25, -0.2) is 4.79 Å². The second-order valence-electron chi connectivity index (χ2n) is 12.4. The number of ether oxygens (including phenoxy) is 2. The van der Waals surface area contributed by atoms with Crippen LogP contribution in [-0.4, -0.2) is 47.1 Å². The van der Waals surface area contributed by atoms with Crippen molar-refractivity contribution in [2.75, 3.05) is 12.4 Å². The summed E-state index contributed by atoms with van der Waals surface area (Å²) in [6.45, 7) is 17.0. The standard InChI is InChI=1S/C32H47N3O5/c1-11-22-12-14-23(15-13-22)27(28(36)33-24-16-18-25(39-10)19-17-24)35(31(4,5)6)29(37)26(20-21(2)3)34-30(38)40-32(7,8)9/h12-19,21,26-27H,11,20H2,1-10H3,(H,33,36)(H,34,38). The molecule has 0 saturated heterocycles. The van der Waals surface area contributed by atoms with Crippen LogP contribution in [0.4, 0.5) is 10.5 Å². The lowest BCUT2D eigenvalue weighted by molar-refractivity contribution is -0.147. The molecular formula is C32H47N3O5. The number of hydrogen-bond donors (Lipinski definition) is 2. The van der Waals surface area contributed by atoms with Crippen LogP contribution in [0, 0.1) is 5.92 Å². The third kappa shape index (κ3) is 9.57. The van der Waals surface area contributed by atoms with E-state index in [4.69, 9.17) is 9.47 Å². The quantitative estimate of drug-likeness (QED) is 0.350. The molecule has 0 aliphatic carbocycles. The Morgan fingerprint density at radius 3 is 1.93 bits per heavy atom. The highest BCUT2D eigenvalue weighted by Gasteiger charge is 2.42. The van der Waals surface area contributed by atoms with Gasteiger partial charge in [0.15, 0.2) is 0 Å². The Morgan fingerprint density at radius 1 is 0.900 bits per heavy atom. The number of alkyl carbamates (subject to hydrolysis) is 1. The first-order valence-electron chi connectivity index (χ1n) is 13.9. The molecule has 0 saturated carbocycles. The number of rotatable bonds is 10. The first kappa shape index (κ1) is 32.7. The highest BCUT2D eigenvalue weighted by atomic mass is 16.6. The molecule has 0 spiro atoms. The van der Waals surface area contributed by atoms with Gasteiger partial charge in [0.1, 0.15) is 23.4 Å². The molecule has 2 aromatic rings. The fourth-order valence-corrected chi connectivity index (χ4v) is 4.39. The van der Waals surface area contributed by atoms with E-state index in [0.717, 1.165) is 12.0 Å². The predicted molar refractivity (Wildman–Crippen MR) is 159 cm³/mol. The Hall–Kier alpha value is -3.55. The third-order valence-electron chi connectivity index (χ3n) is 6.22. The summed E-state index contributed by atoms with van der Waals surface area (Å²) < 4.78 is 10.7. The predicted octanol–water partition coefficient (Wildman–Crippen LogP) is 6.50. The lowest BCUT2D eigenvalue weighted by Gasteiger charge is -2.43. The third-order valence-corrected chi connectivity index (χ3v) is 6.22. The van der Waals surface area contributed by atoms with Crippen molar-refractivity contribution in [1.29, 1.82) is 0 Å². The maximum absolute atomic E-state index is 14.4. The monoisotopic (exact) mass is 553 g/mol. The average Bonchev–Trinajstić information content (AvgIpc) is 2.84. The summed E-state index contributed by atoms with van der Waals surface area (Å²) in [4.78, 5) is 42.7. The first-order valence-corrected chi connectivity index (χ1v) is 13.9. The normalized spacial score (nSPS) is 13.3. The van der Waals surface area contributed by atoms with Gasteiger partial charge in [-0.1, -0.05) is 45.0 Å². The number of nitrogens with one attached hydrogen (secondary N) is 2. The van der Waals surface area contributed by atoms with E-state index >= 15 is 0 Å². The number of aryl methyl sites for hydroxylation is 1. The van der Waals surface area contributed by atoms with Crippen LogP contribution in [0.1, 0.15) is 85.9 Å². The van der Waals surface area contributed by atoms with Crippen LogP contribution < -0.4 is 15.4 Å². The molecule has 2 aromatic carbocycles. The molecule has 3 amide bonds. The minimum Gasteiger partial charge on any atom is -0.497 e. The number of hydrogen-bond acceptors (Lipinski definition) is 5. The van der Waals surface area contributed by atoms with Gasteiger partial charge in [-0.15, -0.1) is 0 Å². The molecule has 8 nitrogen and oxygen atoms in total. The summed E-state index contributed by atoms with van der Waals surface area (Å²) in [6.07, 6.45) is 0.555. The Bertz CT molecular complexity index is 1130. The summed E-state index contributed by atoms with van der Waals surface area (Å²) in [5.74, 6) is 0.0434. The summed E-state index contributed by atoms with van der Waals surface area (Å²) in [5.41, 5.74) is 0.879. The minimum absolute atomic E-state index is 0.0983. The van der Waals surface area contributed by atoms with E-state index in [-0.39, 0.29) is 17.7 Å². The molecule has 2 N–H and O–H groups in total. The SMILES string of the molecule is CCc1ccc(C(C(=O)Nc2ccc(OC)cc2)N(C(=O)C(CC(C)C)NC(=O)OC(C)(C)C)C(C)(C)C)cc1. The van der Waals surface area contributed by atoms with Crippen LogP contribution in [0.2, 0.25) is 0 Å². The molecule has 2 atom stereocenters. The molecule has 0 aliphatic rings. The van der Waals surface area contributed by atoms with Crippen LogP contribution in [0.15, 0.2) is 48.5 Å². The molecule has 8 heteroatoms. The summed E-state index contributed by atoms with van der Waals surface area (Å²) in [6, 6.07) is 12.9. The minimum atomic E-state index is -0.962. The smallest absolute Gasteiger partial charge is 0.408 e. The van der Waals surface area contributed by atoms with Gasteiger partial charge < -0.3 is 25.0 Å². The van der Waals surface area contributed by atoms with Crippen molar-refractivity contribution in [3.05, 3.63) is 59.7 Å². The molecule has 2 unspecified atom stereocenters. The number of benzene rings is 2. The van der Waals surface area contributed by atoms with Crippen molar-refractivity contribution in [3.8, 4) is 5.75 Å². The Morgan fingerprint density at radius 2 is 1.48 bits per heavy atom. The van der Waals surface area contributed by atoms with E-state index in [1.54, 1.807) is 57.0 Å². The van der Waals surface area contributed by atoms with E-state index in [0.29, 0.717) is 23.4 Å². The molecular weight excluding hydrogens is 506 g/mol. The molecule has 0 fully saturated rings. The highest BCUT2D eigenvalue weighted by Crippen LogP contribution is 2.32. The average molecular weight is 554 g/mol. The van der Waals surface area contributed by atoms with Gasteiger partial charge in [0, 0.05) is 11.2 Å². The Kier molecular flexibility index (Phi) is 11.2. The van der Waals surface area contributed by atoms with Crippen molar-refractivity contribution in [2.24, 2.45) is 5.92 Å². The van der Waals surface area contributed by atoms with Crippen molar-refractivity contribution >= 4 is 23.6 Å². The summed E-state index contributed by atoms with van der Waals surface area (Å²) in [5, 5.41) is 5.76. The van der Waals surface area contributed by atoms with E-state index in [9.17, 15) is 14.4 Å². The van der Waals surface area contributed by atoms with Gasteiger partial charge in [-0.05, 0) is 95.7 Å². The van der Waals surface area contributed by atoms with Crippen LogP contribution >= 0.6 is 0 Å². The maximum Gasteiger partial charge on any atom is 0.408 e. The van der Waals surface area contributed by atoms with Gasteiger partial charge in [0.25, 0.3) is 5.91 Å². The summed E-state index contributed by atoms with van der Waals surface area (Å²) in [7, 11) is 1.58. The maximum atomic E-state index is 14.4. The van der Waals surface area contributed by atoms with Crippen molar-refractivity contribution in [2.45, 2.75) is 98.4 Å². The van der Waals surface area contributed by atoms with Crippen molar-refractivity contribution in [3.63, 3.8) is 0 Å². The molecule has 0 radical (unpaired) electrons. The van der Waals surface area contributed by atoms with Gasteiger partial charge in [0.05, 0.1) is 7.11 Å². The van der Waals surface area contributed by atoms with Gasteiger partial charge in [-0.2, -0.15) is 0 Å². The molecule has 0 bridgehead atoms. The first-order chi connectivity index (χ1) is 18.6. The number of carbonyl (C=O) groups excluding carboxylic acids is 3. The van der Waals surface area contributed by atoms with Crippen molar-refractivity contribution in [1.82, 2.24) is 10.2 Å². The molecule has 40 heavy (non-hydrogen) atoms. The molecule has 0 heterocycles. The van der Waals surface area contributed by atoms with Gasteiger partial charge in [-0.3, -0.25) is 9.59 Å². The van der Waals surface area contributed by atoms with Crippen LogP contribution in [-0.2, 0) is 20.7 Å².